The predicted molar refractivity (Wildman–Crippen MR) is 118 cm³/mol. The number of benzene rings is 2. The monoisotopic (exact) mass is 444 g/mol. The first kappa shape index (κ1) is 20.1. The number of rotatable bonds is 5. The average Bonchev–Trinajstić information content (AvgIpc) is 3.38. The van der Waals surface area contributed by atoms with E-state index in [-0.39, 0.29) is 34.2 Å². The molecule has 33 heavy (non-hydrogen) atoms. The smallest absolute Gasteiger partial charge is 0.351 e. The zero-order valence-electron chi connectivity index (χ0n) is 17.2. The number of furan rings is 1. The number of methoxy groups -OCH3 is 1. The van der Waals surface area contributed by atoms with E-state index in [9.17, 15) is 9.59 Å². The molecule has 3 heterocycles. The van der Waals surface area contributed by atoms with E-state index in [4.69, 9.17) is 29.9 Å². The SMILES string of the molecule is COc1c(OC(=O)c2c(-c3cccnc3)noc2N)cc2oc3ccccc3c2c1C(N)=O. The number of fused-ring (bicyclic) bond motifs is 3. The van der Waals surface area contributed by atoms with Crippen LogP contribution in [0.4, 0.5) is 5.88 Å². The first-order valence-corrected chi connectivity index (χ1v) is 9.69. The fraction of sp³-hybridized carbons (Fsp3) is 0.0435. The molecule has 5 aromatic rings. The van der Waals surface area contributed by atoms with Gasteiger partial charge in [0.1, 0.15) is 16.9 Å². The van der Waals surface area contributed by atoms with Crippen LogP contribution in [0, 0.1) is 0 Å². The summed E-state index contributed by atoms with van der Waals surface area (Å²) < 4.78 is 21.9. The first-order chi connectivity index (χ1) is 16.0. The van der Waals surface area contributed by atoms with Gasteiger partial charge in [0, 0.05) is 34.8 Å². The molecule has 3 aromatic heterocycles. The van der Waals surface area contributed by atoms with Crippen LogP contribution in [0.3, 0.4) is 0 Å². The summed E-state index contributed by atoms with van der Waals surface area (Å²) in [5.41, 5.74) is 12.9. The third-order valence-corrected chi connectivity index (χ3v) is 5.10. The summed E-state index contributed by atoms with van der Waals surface area (Å²) in [5, 5.41) is 4.97. The van der Waals surface area contributed by atoms with Gasteiger partial charge in [-0.3, -0.25) is 9.78 Å². The lowest BCUT2D eigenvalue weighted by Gasteiger charge is -2.13. The Hall–Kier alpha value is -4.86. The maximum atomic E-state index is 13.1. The lowest BCUT2D eigenvalue weighted by molar-refractivity contribution is 0.0729. The second-order valence-electron chi connectivity index (χ2n) is 7.02. The summed E-state index contributed by atoms with van der Waals surface area (Å²) in [7, 11) is 1.34. The Labute approximate surface area is 185 Å². The van der Waals surface area contributed by atoms with Crippen molar-refractivity contribution >= 4 is 39.7 Å². The third kappa shape index (κ3) is 3.21. The highest BCUT2D eigenvalue weighted by atomic mass is 16.6. The quantitative estimate of drug-likeness (QED) is 0.305. The van der Waals surface area contributed by atoms with Crippen molar-refractivity contribution in [2.75, 3.05) is 12.8 Å². The minimum absolute atomic E-state index is 0.0205. The van der Waals surface area contributed by atoms with Gasteiger partial charge >= 0.3 is 5.97 Å². The number of hydrogen-bond acceptors (Lipinski definition) is 9. The van der Waals surface area contributed by atoms with Crippen LogP contribution in [0.1, 0.15) is 20.7 Å². The Bertz CT molecular complexity index is 1540. The molecule has 0 fully saturated rings. The number of primary amides is 1. The molecule has 10 nitrogen and oxygen atoms in total. The summed E-state index contributed by atoms with van der Waals surface area (Å²) in [5.74, 6) is -2.00. The van der Waals surface area contributed by atoms with E-state index in [1.807, 2.05) is 0 Å². The Morgan fingerprint density at radius 3 is 2.61 bits per heavy atom. The van der Waals surface area contributed by atoms with Gasteiger partial charge in [0.25, 0.3) is 5.91 Å². The van der Waals surface area contributed by atoms with Crippen molar-refractivity contribution in [1.29, 1.82) is 0 Å². The van der Waals surface area contributed by atoms with E-state index >= 15 is 0 Å². The molecule has 0 aliphatic rings. The zero-order valence-corrected chi connectivity index (χ0v) is 17.2. The van der Waals surface area contributed by atoms with E-state index in [0.29, 0.717) is 27.5 Å². The van der Waals surface area contributed by atoms with Crippen molar-refractivity contribution < 1.29 is 28.0 Å². The van der Waals surface area contributed by atoms with Crippen LogP contribution >= 0.6 is 0 Å². The lowest BCUT2D eigenvalue weighted by Crippen LogP contribution is -2.16. The first-order valence-electron chi connectivity index (χ1n) is 9.69. The number of esters is 1. The number of carbonyl (C=O) groups is 2. The second kappa shape index (κ2) is 7.68. The van der Waals surface area contributed by atoms with Gasteiger partial charge < -0.3 is 29.9 Å². The van der Waals surface area contributed by atoms with Gasteiger partial charge in [0.15, 0.2) is 17.1 Å². The van der Waals surface area contributed by atoms with Crippen molar-refractivity contribution in [3.8, 4) is 22.8 Å². The van der Waals surface area contributed by atoms with Crippen LogP contribution in [0.15, 0.2) is 63.8 Å². The summed E-state index contributed by atoms with van der Waals surface area (Å²) >= 11 is 0. The van der Waals surface area contributed by atoms with Gasteiger partial charge in [-0.2, -0.15) is 0 Å². The lowest BCUT2D eigenvalue weighted by atomic mass is 10.0. The van der Waals surface area contributed by atoms with Gasteiger partial charge in [-0.25, -0.2) is 4.79 Å². The molecule has 4 N–H and O–H groups in total. The molecule has 5 rings (SSSR count). The molecule has 0 atom stereocenters. The van der Waals surface area contributed by atoms with Crippen molar-refractivity contribution in [1.82, 2.24) is 10.1 Å². The molecule has 0 saturated heterocycles. The molecule has 2 aromatic carbocycles. The highest BCUT2D eigenvalue weighted by Gasteiger charge is 2.29. The third-order valence-electron chi connectivity index (χ3n) is 5.10. The number of para-hydroxylation sites is 1. The molecule has 1 amide bonds. The van der Waals surface area contributed by atoms with Gasteiger partial charge in [-0.05, 0) is 18.2 Å². The fourth-order valence-electron chi connectivity index (χ4n) is 3.71. The fourth-order valence-corrected chi connectivity index (χ4v) is 3.71. The van der Waals surface area contributed by atoms with Gasteiger partial charge in [0.2, 0.25) is 5.88 Å². The minimum atomic E-state index is -0.878. The number of ether oxygens (including phenoxy) is 2. The molecule has 0 aliphatic carbocycles. The number of aromatic nitrogens is 2. The molecule has 0 saturated carbocycles. The number of nitrogen functional groups attached to an aromatic ring is 1. The van der Waals surface area contributed by atoms with Crippen molar-refractivity contribution in [2.45, 2.75) is 0 Å². The number of pyridine rings is 1. The normalized spacial score (nSPS) is 11.1. The Kier molecular flexibility index (Phi) is 4.67. The highest BCUT2D eigenvalue weighted by Crippen LogP contribution is 2.42. The van der Waals surface area contributed by atoms with Gasteiger partial charge in [-0.15, -0.1) is 0 Å². The van der Waals surface area contributed by atoms with Gasteiger partial charge in [-0.1, -0.05) is 23.4 Å². The zero-order chi connectivity index (χ0) is 23.1. The van der Waals surface area contributed by atoms with E-state index in [1.54, 1.807) is 42.6 Å². The summed E-state index contributed by atoms with van der Waals surface area (Å²) in [6.45, 7) is 0. The highest BCUT2D eigenvalue weighted by molar-refractivity contribution is 6.18. The maximum absolute atomic E-state index is 13.1. The Balaban J connectivity index is 1.66. The van der Waals surface area contributed by atoms with Crippen LogP contribution in [0.5, 0.6) is 11.5 Å². The molecule has 164 valence electrons. The van der Waals surface area contributed by atoms with Crippen LogP contribution < -0.4 is 20.9 Å². The largest absolute Gasteiger partial charge is 0.492 e. The summed E-state index contributed by atoms with van der Waals surface area (Å²) in [6.07, 6.45) is 3.07. The second-order valence-corrected chi connectivity index (χ2v) is 7.02. The number of hydrogen-bond donors (Lipinski definition) is 2. The van der Waals surface area contributed by atoms with Crippen LogP contribution in [-0.2, 0) is 0 Å². The maximum Gasteiger partial charge on any atom is 0.351 e. The van der Waals surface area contributed by atoms with E-state index in [0.717, 1.165) is 0 Å². The Morgan fingerprint density at radius 1 is 1.06 bits per heavy atom. The number of nitrogens with zero attached hydrogens (tertiary/aromatic N) is 2. The van der Waals surface area contributed by atoms with Crippen LogP contribution in [-0.4, -0.2) is 29.1 Å². The van der Waals surface area contributed by atoms with E-state index in [1.165, 1.54) is 19.4 Å². The molecule has 0 bridgehead atoms. The molecule has 0 spiro atoms. The number of nitrogens with two attached hydrogens (primary N) is 2. The minimum Gasteiger partial charge on any atom is -0.492 e. The predicted octanol–water partition coefficient (Wildman–Crippen LogP) is 3.54. The summed E-state index contributed by atoms with van der Waals surface area (Å²) in [4.78, 5) is 29.5. The number of carbonyl (C=O) groups excluding carboxylic acids is 2. The molecule has 0 aliphatic heterocycles. The molecule has 0 radical (unpaired) electrons. The number of anilines is 1. The van der Waals surface area contributed by atoms with Crippen molar-refractivity contribution in [3.63, 3.8) is 0 Å². The van der Waals surface area contributed by atoms with Crippen LogP contribution in [0.2, 0.25) is 0 Å². The summed E-state index contributed by atoms with van der Waals surface area (Å²) in [6, 6.07) is 11.9. The topological polar surface area (TPSA) is 157 Å². The molecular weight excluding hydrogens is 428 g/mol. The van der Waals surface area contributed by atoms with Crippen LogP contribution in [0.25, 0.3) is 33.2 Å². The average molecular weight is 444 g/mol. The number of amides is 1. The van der Waals surface area contributed by atoms with E-state index < -0.39 is 11.9 Å². The van der Waals surface area contributed by atoms with Crippen molar-refractivity contribution in [3.05, 3.63) is 66.0 Å². The van der Waals surface area contributed by atoms with Crippen molar-refractivity contribution in [2.24, 2.45) is 5.73 Å². The molecule has 10 heteroatoms. The Morgan fingerprint density at radius 2 is 1.88 bits per heavy atom. The van der Waals surface area contributed by atoms with Gasteiger partial charge in [0.05, 0.1) is 12.7 Å². The van der Waals surface area contributed by atoms with E-state index in [2.05, 4.69) is 10.1 Å². The molecule has 0 unspecified atom stereocenters. The molecular formula is C23H16N4O6. The standard InChI is InChI=1S/C23H16N4O6/c1-30-20-15(9-14-16(17(20)21(24)28)12-6-2-3-7-13(12)31-14)32-23(29)18-19(27-33-22(18)25)11-5-4-8-26-10-11/h2-10H,25H2,1H3,(H2,24,28).